The molecule has 1 nitrogen and oxygen atoms in total. The average molecular weight is 194 g/mol. The number of ether oxygens (including phenoxy) is 1. The topological polar surface area (TPSA) is 9.23 Å². The molecule has 0 N–H and O–H groups in total. The fourth-order valence-corrected chi connectivity index (χ4v) is 0.739. The van der Waals surface area contributed by atoms with Crippen LogP contribution in [0.3, 0.4) is 0 Å². The monoisotopic (exact) mass is 194 g/mol. The first kappa shape index (κ1) is 13.2. The molecule has 0 bridgehead atoms. The maximum absolute atomic E-state index is 5.42. The van der Waals surface area contributed by atoms with E-state index in [4.69, 9.17) is 4.74 Å². The van der Waals surface area contributed by atoms with Gasteiger partial charge in [0.05, 0.1) is 12.7 Å². The molecule has 1 heteroatoms. The molecule has 80 valence electrons. The zero-order valence-corrected chi connectivity index (χ0v) is 9.84. The van der Waals surface area contributed by atoms with Crippen molar-refractivity contribution in [1.29, 1.82) is 0 Å². The van der Waals surface area contributed by atoms with Crippen molar-refractivity contribution in [2.24, 2.45) is 5.92 Å². The van der Waals surface area contributed by atoms with Gasteiger partial charge in [-0.25, -0.2) is 0 Å². The van der Waals surface area contributed by atoms with Crippen molar-refractivity contribution in [2.75, 3.05) is 6.61 Å². The van der Waals surface area contributed by atoms with Gasteiger partial charge in [0.2, 0.25) is 0 Å². The van der Waals surface area contributed by atoms with Crippen molar-refractivity contribution in [3.8, 4) is 0 Å². The Bertz CT molecular complexity index is 221. The Kier molecular flexibility index (Phi) is 6.22. The highest BCUT2D eigenvalue weighted by atomic mass is 16.5. The molecule has 0 aromatic rings. The normalized spacial score (nSPS) is 11.6. The molecule has 0 saturated carbocycles. The summed E-state index contributed by atoms with van der Waals surface area (Å²) in [5.41, 5.74) is 2.11. The van der Waals surface area contributed by atoms with E-state index in [9.17, 15) is 0 Å². The standard InChI is InChI=1S/C13H22O/c1-10(2)13(6)8-7-12(5)9-14-11(3)4/h7-8,10-11H,5-6,9H2,1-4H3/b8-7-. The van der Waals surface area contributed by atoms with Gasteiger partial charge in [0.1, 0.15) is 0 Å². The number of allylic oxidation sites excluding steroid dienone is 2. The van der Waals surface area contributed by atoms with Gasteiger partial charge in [-0.05, 0) is 25.3 Å². The molecular weight excluding hydrogens is 172 g/mol. The molecule has 0 aliphatic heterocycles. The summed E-state index contributed by atoms with van der Waals surface area (Å²) in [5, 5.41) is 0. The lowest BCUT2D eigenvalue weighted by Gasteiger charge is -2.07. The molecule has 0 atom stereocenters. The molecule has 0 saturated heterocycles. The molecule has 0 radical (unpaired) electrons. The van der Waals surface area contributed by atoms with Crippen LogP contribution >= 0.6 is 0 Å². The lowest BCUT2D eigenvalue weighted by atomic mass is 10.0. The van der Waals surface area contributed by atoms with Gasteiger partial charge in [-0.15, -0.1) is 0 Å². The number of hydrogen-bond acceptors (Lipinski definition) is 1. The molecule has 0 unspecified atom stereocenters. The highest BCUT2D eigenvalue weighted by Crippen LogP contribution is 2.09. The highest BCUT2D eigenvalue weighted by molar-refractivity contribution is 5.25. The van der Waals surface area contributed by atoms with E-state index < -0.39 is 0 Å². The summed E-state index contributed by atoms with van der Waals surface area (Å²) in [7, 11) is 0. The number of hydrogen-bond donors (Lipinski definition) is 0. The molecule has 0 spiro atoms. The third-order valence-corrected chi connectivity index (χ3v) is 1.88. The summed E-state index contributed by atoms with van der Waals surface area (Å²) in [5.74, 6) is 0.491. The third-order valence-electron chi connectivity index (χ3n) is 1.88. The predicted molar refractivity (Wildman–Crippen MR) is 63.3 cm³/mol. The van der Waals surface area contributed by atoms with Crippen LogP contribution in [-0.4, -0.2) is 12.7 Å². The maximum atomic E-state index is 5.42. The van der Waals surface area contributed by atoms with Crippen LogP contribution in [0.4, 0.5) is 0 Å². The first-order valence-electron chi connectivity index (χ1n) is 5.09. The SMILES string of the molecule is C=C(/C=C\C(=C)C(C)C)COC(C)C. The van der Waals surface area contributed by atoms with E-state index in [2.05, 4.69) is 27.0 Å². The van der Waals surface area contributed by atoms with Crippen molar-refractivity contribution in [2.45, 2.75) is 33.8 Å². The number of rotatable bonds is 6. The van der Waals surface area contributed by atoms with Crippen molar-refractivity contribution >= 4 is 0 Å². The summed E-state index contributed by atoms with van der Waals surface area (Å²) >= 11 is 0. The summed E-state index contributed by atoms with van der Waals surface area (Å²) in [6.45, 7) is 16.7. The van der Waals surface area contributed by atoms with Crippen molar-refractivity contribution < 1.29 is 4.74 Å². The van der Waals surface area contributed by atoms with Crippen LogP contribution in [0.1, 0.15) is 27.7 Å². The summed E-state index contributed by atoms with van der Waals surface area (Å²) in [6, 6.07) is 0. The van der Waals surface area contributed by atoms with Gasteiger partial charge < -0.3 is 4.74 Å². The Morgan fingerprint density at radius 2 is 1.71 bits per heavy atom. The van der Waals surface area contributed by atoms with Gasteiger partial charge in [0.15, 0.2) is 0 Å². The Labute approximate surface area is 88.2 Å². The van der Waals surface area contributed by atoms with Gasteiger partial charge in [-0.3, -0.25) is 0 Å². The minimum absolute atomic E-state index is 0.258. The maximum Gasteiger partial charge on any atom is 0.0714 e. The zero-order valence-electron chi connectivity index (χ0n) is 9.84. The van der Waals surface area contributed by atoms with Gasteiger partial charge >= 0.3 is 0 Å². The summed E-state index contributed by atoms with van der Waals surface area (Å²) in [4.78, 5) is 0. The average Bonchev–Trinajstić information content (AvgIpc) is 2.10. The Hall–Kier alpha value is -0.820. The second-order valence-corrected chi connectivity index (χ2v) is 4.08. The van der Waals surface area contributed by atoms with E-state index in [1.54, 1.807) is 0 Å². The van der Waals surface area contributed by atoms with E-state index in [0.29, 0.717) is 12.5 Å². The molecule has 0 aliphatic rings. The van der Waals surface area contributed by atoms with Gasteiger partial charge in [0.25, 0.3) is 0 Å². The minimum atomic E-state index is 0.258. The molecule has 0 aromatic carbocycles. The van der Waals surface area contributed by atoms with E-state index in [0.717, 1.165) is 11.1 Å². The highest BCUT2D eigenvalue weighted by Gasteiger charge is 1.96. The first-order chi connectivity index (χ1) is 6.43. The fraction of sp³-hybridized carbons (Fsp3) is 0.538. The van der Waals surface area contributed by atoms with Gasteiger partial charge in [-0.1, -0.05) is 44.7 Å². The molecule has 0 aromatic heterocycles. The van der Waals surface area contributed by atoms with Crippen LogP contribution < -0.4 is 0 Å². The Morgan fingerprint density at radius 3 is 2.14 bits per heavy atom. The molecule has 0 fully saturated rings. The smallest absolute Gasteiger partial charge is 0.0714 e. The van der Waals surface area contributed by atoms with E-state index >= 15 is 0 Å². The second kappa shape index (κ2) is 6.61. The Morgan fingerprint density at radius 1 is 1.14 bits per heavy atom. The van der Waals surface area contributed by atoms with Crippen molar-refractivity contribution in [3.63, 3.8) is 0 Å². The largest absolute Gasteiger partial charge is 0.374 e. The van der Waals surface area contributed by atoms with Crippen LogP contribution in [0.5, 0.6) is 0 Å². The van der Waals surface area contributed by atoms with E-state index in [-0.39, 0.29) is 6.10 Å². The predicted octanol–water partition coefficient (Wildman–Crippen LogP) is 3.74. The van der Waals surface area contributed by atoms with Crippen molar-refractivity contribution in [3.05, 3.63) is 36.5 Å². The van der Waals surface area contributed by atoms with Crippen LogP contribution in [0.25, 0.3) is 0 Å². The fourth-order valence-electron chi connectivity index (χ4n) is 0.739. The lowest BCUT2D eigenvalue weighted by molar-refractivity contribution is 0.0990. The van der Waals surface area contributed by atoms with E-state index in [1.165, 1.54) is 0 Å². The minimum Gasteiger partial charge on any atom is -0.374 e. The molecular formula is C13H22O. The first-order valence-corrected chi connectivity index (χ1v) is 5.09. The summed E-state index contributed by atoms with van der Waals surface area (Å²) in [6.07, 6.45) is 4.25. The molecule has 0 rings (SSSR count). The lowest BCUT2D eigenvalue weighted by Crippen LogP contribution is -2.04. The van der Waals surface area contributed by atoms with Crippen LogP contribution in [0, 0.1) is 5.92 Å². The molecule has 0 heterocycles. The Balaban J connectivity index is 3.88. The van der Waals surface area contributed by atoms with Crippen LogP contribution in [0.15, 0.2) is 36.5 Å². The van der Waals surface area contributed by atoms with Gasteiger partial charge in [-0.2, -0.15) is 0 Å². The molecule has 14 heavy (non-hydrogen) atoms. The molecule has 0 amide bonds. The van der Waals surface area contributed by atoms with Crippen LogP contribution in [-0.2, 0) is 4.74 Å². The van der Waals surface area contributed by atoms with Gasteiger partial charge in [0, 0.05) is 0 Å². The van der Waals surface area contributed by atoms with Crippen LogP contribution in [0.2, 0.25) is 0 Å². The molecule has 0 aliphatic carbocycles. The second-order valence-electron chi connectivity index (χ2n) is 4.08. The third kappa shape index (κ3) is 6.67. The quantitative estimate of drug-likeness (QED) is 0.585. The van der Waals surface area contributed by atoms with E-state index in [1.807, 2.05) is 26.0 Å². The summed E-state index contributed by atoms with van der Waals surface area (Å²) < 4.78 is 5.42. The zero-order chi connectivity index (χ0) is 11.1. The van der Waals surface area contributed by atoms with Crippen molar-refractivity contribution in [1.82, 2.24) is 0 Å².